The van der Waals surface area contributed by atoms with Crippen LogP contribution in [0.1, 0.15) is 5.56 Å². The second kappa shape index (κ2) is 4.82. The van der Waals surface area contributed by atoms with Gasteiger partial charge in [-0.05, 0) is 29.8 Å². The van der Waals surface area contributed by atoms with Crippen molar-refractivity contribution >= 4 is 34.4 Å². The van der Waals surface area contributed by atoms with Crippen LogP contribution in [0.25, 0.3) is 11.1 Å². The van der Waals surface area contributed by atoms with Crippen molar-refractivity contribution in [2.45, 2.75) is 6.54 Å². The van der Waals surface area contributed by atoms with Gasteiger partial charge in [-0.3, -0.25) is 0 Å². The fourth-order valence-corrected chi connectivity index (χ4v) is 1.95. The molecule has 1 aromatic heterocycles. The van der Waals surface area contributed by atoms with Gasteiger partial charge in [-0.15, -0.1) is 0 Å². The molecule has 3 N–H and O–H groups in total. The molecule has 2 aromatic carbocycles. The van der Waals surface area contributed by atoms with E-state index in [1.165, 1.54) is 0 Å². The van der Waals surface area contributed by atoms with Crippen LogP contribution in [0.5, 0.6) is 0 Å². The Hall–Kier alpha value is -2.20. The number of hydrogen-bond donors (Lipinski definition) is 2. The van der Waals surface area contributed by atoms with Crippen molar-refractivity contribution in [3.8, 4) is 0 Å². The Morgan fingerprint density at radius 3 is 2.68 bits per heavy atom. The van der Waals surface area contributed by atoms with Gasteiger partial charge in [0.05, 0.1) is 5.69 Å². The molecule has 5 heteroatoms. The molecular formula is C14H12ClN3O. The van der Waals surface area contributed by atoms with Gasteiger partial charge in [0.2, 0.25) is 0 Å². The molecule has 0 bridgehead atoms. The molecule has 0 radical (unpaired) electrons. The van der Waals surface area contributed by atoms with Crippen molar-refractivity contribution in [2.24, 2.45) is 0 Å². The van der Waals surface area contributed by atoms with E-state index in [1.807, 2.05) is 36.4 Å². The molecule has 3 rings (SSSR count). The van der Waals surface area contributed by atoms with Gasteiger partial charge in [-0.25, -0.2) is 0 Å². The lowest BCUT2D eigenvalue weighted by atomic mass is 10.2. The molecule has 4 nitrogen and oxygen atoms in total. The van der Waals surface area contributed by atoms with Crippen molar-refractivity contribution in [1.29, 1.82) is 0 Å². The quantitative estimate of drug-likeness (QED) is 0.715. The summed E-state index contributed by atoms with van der Waals surface area (Å²) in [4.78, 5) is 4.32. The zero-order valence-electron chi connectivity index (χ0n) is 10.1. The summed E-state index contributed by atoms with van der Waals surface area (Å²) in [6.45, 7) is 0.615. The number of para-hydroxylation sites is 1. The first-order chi connectivity index (χ1) is 9.22. The first-order valence-corrected chi connectivity index (χ1v) is 6.23. The average Bonchev–Trinajstić information content (AvgIpc) is 2.83. The smallest absolute Gasteiger partial charge is 0.296 e. The van der Waals surface area contributed by atoms with Gasteiger partial charge in [-0.2, -0.15) is 4.98 Å². The number of nitrogens with one attached hydrogen (secondary N) is 1. The summed E-state index contributed by atoms with van der Waals surface area (Å²) in [5.41, 5.74) is 8.90. The van der Waals surface area contributed by atoms with Crippen LogP contribution in [0.3, 0.4) is 0 Å². The summed E-state index contributed by atoms with van der Waals surface area (Å²) < 4.78 is 5.57. The number of rotatable bonds is 3. The highest BCUT2D eigenvalue weighted by Gasteiger charge is 2.07. The number of benzene rings is 2. The zero-order valence-corrected chi connectivity index (χ0v) is 10.8. The summed E-state index contributed by atoms with van der Waals surface area (Å²) in [6, 6.07) is 13.5. The zero-order chi connectivity index (χ0) is 13.2. The topological polar surface area (TPSA) is 64.1 Å². The van der Waals surface area contributed by atoms with E-state index in [9.17, 15) is 0 Å². The van der Waals surface area contributed by atoms with Gasteiger partial charge in [0, 0.05) is 11.6 Å². The summed E-state index contributed by atoms with van der Waals surface area (Å²) in [6.07, 6.45) is 0. The summed E-state index contributed by atoms with van der Waals surface area (Å²) in [5.74, 6) is 0. The van der Waals surface area contributed by atoms with Gasteiger partial charge in [0.1, 0.15) is 5.52 Å². The Morgan fingerprint density at radius 2 is 1.95 bits per heavy atom. The molecule has 96 valence electrons. The standard InChI is InChI=1S/C14H12ClN3O/c15-10-6-4-9(5-7-10)8-17-14-18-13-11(16)2-1-3-12(13)19-14/h1-7H,8,16H2,(H,17,18). The highest BCUT2D eigenvalue weighted by molar-refractivity contribution is 6.30. The lowest BCUT2D eigenvalue weighted by Gasteiger charge is -2.01. The van der Waals surface area contributed by atoms with Crippen LogP contribution in [-0.2, 0) is 6.54 Å². The van der Waals surface area contributed by atoms with Crippen molar-refractivity contribution in [3.63, 3.8) is 0 Å². The van der Waals surface area contributed by atoms with Crippen LogP contribution in [0.4, 0.5) is 11.7 Å². The maximum absolute atomic E-state index is 5.83. The van der Waals surface area contributed by atoms with E-state index in [2.05, 4.69) is 10.3 Å². The van der Waals surface area contributed by atoms with Crippen LogP contribution < -0.4 is 11.1 Å². The highest BCUT2D eigenvalue weighted by atomic mass is 35.5. The first-order valence-electron chi connectivity index (χ1n) is 5.86. The van der Waals surface area contributed by atoms with Crippen LogP contribution in [0.15, 0.2) is 46.9 Å². The van der Waals surface area contributed by atoms with Gasteiger partial charge in [0.15, 0.2) is 5.58 Å². The number of aromatic nitrogens is 1. The van der Waals surface area contributed by atoms with E-state index in [1.54, 1.807) is 6.07 Å². The number of nitrogens with two attached hydrogens (primary N) is 1. The van der Waals surface area contributed by atoms with E-state index in [0.29, 0.717) is 29.3 Å². The minimum atomic E-state index is 0.461. The van der Waals surface area contributed by atoms with E-state index < -0.39 is 0 Å². The second-order valence-corrected chi connectivity index (χ2v) is 4.63. The molecule has 19 heavy (non-hydrogen) atoms. The van der Waals surface area contributed by atoms with Gasteiger partial charge in [-0.1, -0.05) is 29.8 Å². The molecule has 0 fully saturated rings. The summed E-state index contributed by atoms with van der Waals surface area (Å²) in [5, 5.41) is 3.84. The molecule has 0 spiro atoms. The molecule has 1 heterocycles. The van der Waals surface area contributed by atoms with Crippen LogP contribution in [0, 0.1) is 0 Å². The van der Waals surface area contributed by atoms with Crippen molar-refractivity contribution in [2.75, 3.05) is 11.1 Å². The average molecular weight is 274 g/mol. The lowest BCUT2D eigenvalue weighted by molar-refractivity contribution is 0.614. The molecule has 0 aliphatic carbocycles. The molecule has 0 saturated heterocycles. The number of anilines is 2. The number of fused-ring (bicyclic) bond motifs is 1. The number of halogens is 1. The third kappa shape index (κ3) is 2.48. The Balaban J connectivity index is 1.78. The fraction of sp³-hybridized carbons (Fsp3) is 0.0714. The molecule has 3 aromatic rings. The molecule has 0 aliphatic rings. The molecule has 0 saturated carbocycles. The second-order valence-electron chi connectivity index (χ2n) is 4.19. The largest absolute Gasteiger partial charge is 0.423 e. The Morgan fingerprint density at radius 1 is 1.16 bits per heavy atom. The Kier molecular flexibility index (Phi) is 3.01. The normalized spacial score (nSPS) is 10.8. The van der Waals surface area contributed by atoms with Crippen LogP contribution in [0.2, 0.25) is 5.02 Å². The van der Waals surface area contributed by atoms with Crippen LogP contribution >= 0.6 is 11.6 Å². The third-order valence-electron chi connectivity index (χ3n) is 2.81. The van der Waals surface area contributed by atoms with Crippen molar-refractivity contribution < 1.29 is 4.42 Å². The SMILES string of the molecule is Nc1cccc2oc(NCc3ccc(Cl)cc3)nc12. The fourth-order valence-electron chi connectivity index (χ4n) is 1.83. The number of oxazole rings is 1. The monoisotopic (exact) mass is 273 g/mol. The van der Waals surface area contributed by atoms with E-state index in [0.717, 1.165) is 10.6 Å². The lowest BCUT2D eigenvalue weighted by Crippen LogP contribution is -1.99. The third-order valence-corrected chi connectivity index (χ3v) is 3.06. The summed E-state index contributed by atoms with van der Waals surface area (Å²) >= 11 is 5.83. The van der Waals surface area contributed by atoms with Gasteiger partial charge in [0.25, 0.3) is 6.01 Å². The number of nitrogens with zero attached hydrogens (tertiary/aromatic N) is 1. The Bertz CT molecular complexity index is 706. The van der Waals surface area contributed by atoms with Gasteiger partial charge < -0.3 is 15.5 Å². The molecule has 0 amide bonds. The highest BCUT2D eigenvalue weighted by Crippen LogP contribution is 2.23. The molecule has 0 atom stereocenters. The summed E-state index contributed by atoms with van der Waals surface area (Å²) in [7, 11) is 0. The van der Waals surface area contributed by atoms with Crippen molar-refractivity contribution in [1.82, 2.24) is 4.98 Å². The molecular weight excluding hydrogens is 262 g/mol. The minimum absolute atomic E-state index is 0.461. The molecule has 0 unspecified atom stereocenters. The van der Waals surface area contributed by atoms with E-state index in [-0.39, 0.29) is 0 Å². The minimum Gasteiger partial charge on any atom is -0.423 e. The van der Waals surface area contributed by atoms with E-state index >= 15 is 0 Å². The Labute approximate surface area is 115 Å². The maximum atomic E-state index is 5.83. The maximum Gasteiger partial charge on any atom is 0.296 e. The predicted molar refractivity (Wildman–Crippen MR) is 77.2 cm³/mol. The van der Waals surface area contributed by atoms with E-state index in [4.69, 9.17) is 21.8 Å². The molecule has 0 aliphatic heterocycles. The van der Waals surface area contributed by atoms with Gasteiger partial charge >= 0.3 is 0 Å². The predicted octanol–water partition coefficient (Wildman–Crippen LogP) is 3.68. The number of hydrogen-bond acceptors (Lipinski definition) is 4. The number of nitrogen functional groups attached to an aromatic ring is 1. The first kappa shape index (κ1) is 11.9. The van der Waals surface area contributed by atoms with Crippen LogP contribution in [-0.4, -0.2) is 4.98 Å². The van der Waals surface area contributed by atoms with Crippen molar-refractivity contribution in [3.05, 3.63) is 53.1 Å².